The molecule has 0 saturated carbocycles. The smallest absolute Gasteiger partial charge is 0.179 e. The van der Waals surface area contributed by atoms with E-state index in [-0.39, 0.29) is 10.6 Å². The largest absolute Gasteiger partial charge is 0.224 e. The number of hydrogen-bond acceptors (Lipinski definition) is 7. The molecule has 0 atom stereocenters. The van der Waals surface area contributed by atoms with E-state index in [4.69, 9.17) is 5.26 Å². The van der Waals surface area contributed by atoms with Gasteiger partial charge in [-0.1, -0.05) is 17.8 Å². The van der Waals surface area contributed by atoms with Gasteiger partial charge in [-0.05, 0) is 36.7 Å². The van der Waals surface area contributed by atoms with Crippen LogP contribution in [0.5, 0.6) is 0 Å². The molecule has 104 valence electrons. The Morgan fingerprint density at radius 3 is 2.90 bits per heavy atom. The van der Waals surface area contributed by atoms with E-state index in [9.17, 15) is 8.42 Å². The second-order valence-electron chi connectivity index (χ2n) is 3.91. The highest BCUT2D eigenvalue weighted by atomic mass is 32.2. The normalized spacial score (nSPS) is 11.2. The lowest BCUT2D eigenvalue weighted by atomic mass is 10.2. The fraction of sp³-hybridized carbons (Fsp3) is 0.250. The summed E-state index contributed by atoms with van der Waals surface area (Å²) in [6.45, 7) is 1.80. The second kappa shape index (κ2) is 6.35. The lowest BCUT2D eigenvalue weighted by Gasteiger charge is -2.03. The first-order valence-electron chi connectivity index (χ1n) is 5.67. The van der Waals surface area contributed by atoms with Crippen LogP contribution in [0.1, 0.15) is 11.4 Å². The van der Waals surface area contributed by atoms with Crippen molar-refractivity contribution in [2.24, 2.45) is 0 Å². The van der Waals surface area contributed by atoms with Gasteiger partial charge in [0.25, 0.3) is 0 Å². The summed E-state index contributed by atoms with van der Waals surface area (Å²) in [5.41, 5.74) is 0.346. The summed E-state index contributed by atoms with van der Waals surface area (Å²) in [6, 6.07) is 8.00. The average molecular weight is 325 g/mol. The Bertz CT molecular complexity index is 747. The summed E-state index contributed by atoms with van der Waals surface area (Å²) in [5.74, 6) is 1.11. The molecule has 20 heavy (non-hydrogen) atoms. The average Bonchev–Trinajstić information content (AvgIpc) is 2.84. The van der Waals surface area contributed by atoms with Gasteiger partial charge in [0.1, 0.15) is 5.82 Å². The maximum absolute atomic E-state index is 12.1. The van der Waals surface area contributed by atoms with Crippen LogP contribution < -0.4 is 0 Å². The maximum atomic E-state index is 12.1. The highest BCUT2D eigenvalue weighted by Crippen LogP contribution is 2.21. The molecular formula is C12H11N3O2S3. The van der Waals surface area contributed by atoms with Gasteiger partial charge in [0.05, 0.1) is 22.3 Å². The van der Waals surface area contributed by atoms with Crippen molar-refractivity contribution < 1.29 is 8.42 Å². The van der Waals surface area contributed by atoms with E-state index in [1.54, 1.807) is 19.1 Å². The van der Waals surface area contributed by atoms with Crippen LogP contribution in [0.3, 0.4) is 0 Å². The Kier molecular flexibility index (Phi) is 4.75. The summed E-state index contributed by atoms with van der Waals surface area (Å²) < 4.78 is 29.1. The molecule has 0 aliphatic rings. The molecule has 2 rings (SSSR count). The first kappa shape index (κ1) is 15.0. The number of sulfone groups is 1. The standard InChI is InChI=1S/C12H11N3O2S3/c1-9-14-12(19-15-9)18-5-6-20(16,17)11-4-2-3-10(7-11)8-13/h2-4,7H,5-6H2,1H3. The monoisotopic (exact) mass is 325 g/mol. The van der Waals surface area contributed by atoms with E-state index in [1.807, 2.05) is 6.07 Å². The molecule has 0 N–H and O–H groups in total. The molecule has 0 bridgehead atoms. The van der Waals surface area contributed by atoms with Gasteiger partial charge < -0.3 is 0 Å². The quantitative estimate of drug-likeness (QED) is 0.784. The fourth-order valence-corrected chi connectivity index (χ4v) is 4.86. The maximum Gasteiger partial charge on any atom is 0.179 e. The minimum Gasteiger partial charge on any atom is -0.224 e. The van der Waals surface area contributed by atoms with Gasteiger partial charge in [-0.15, -0.1) is 0 Å². The van der Waals surface area contributed by atoms with Crippen LogP contribution >= 0.6 is 23.3 Å². The third-order valence-electron chi connectivity index (χ3n) is 2.41. The van der Waals surface area contributed by atoms with Crippen molar-refractivity contribution in [1.29, 1.82) is 5.26 Å². The van der Waals surface area contributed by atoms with Gasteiger partial charge in [-0.25, -0.2) is 13.4 Å². The number of nitrogens with zero attached hydrogens (tertiary/aromatic N) is 3. The number of benzene rings is 1. The number of aromatic nitrogens is 2. The minimum atomic E-state index is -3.37. The Labute approximate surface area is 125 Å². The lowest BCUT2D eigenvalue weighted by molar-refractivity contribution is 0.597. The Balaban J connectivity index is 2.02. The third-order valence-corrected chi connectivity index (χ3v) is 6.31. The molecular weight excluding hydrogens is 314 g/mol. The number of thioether (sulfide) groups is 1. The molecule has 0 saturated heterocycles. The molecule has 1 heterocycles. The zero-order chi connectivity index (χ0) is 14.6. The topological polar surface area (TPSA) is 83.7 Å². The first-order valence-corrected chi connectivity index (χ1v) is 9.08. The van der Waals surface area contributed by atoms with E-state index in [2.05, 4.69) is 9.36 Å². The zero-order valence-electron chi connectivity index (χ0n) is 10.6. The zero-order valence-corrected chi connectivity index (χ0v) is 13.1. The van der Waals surface area contributed by atoms with Crippen molar-refractivity contribution in [3.05, 3.63) is 35.7 Å². The minimum absolute atomic E-state index is 0.00514. The van der Waals surface area contributed by atoms with Gasteiger partial charge in [0.2, 0.25) is 0 Å². The van der Waals surface area contributed by atoms with Crippen LogP contribution in [-0.4, -0.2) is 29.3 Å². The summed E-state index contributed by atoms with van der Waals surface area (Å²) in [5, 5.41) is 8.79. The fourth-order valence-electron chi connectivity index (χ4n) is 1.45. The van der Waals surface area contributed by atoms with E-state index < -0.39 is 9.84 Å². The van der Waals surface area contributed by atoms with E-state index in [0.29, 0.717) is 17.1 Å². The number of rotatable bonds is 5. The van der Waals surface area contributed by atoms with Crippen molar-refractivity contribution in [2.45, 2.75) is 16.2 Å². The number of nitriles is 1. The van der Waals surface area contributed by atoms with Gasteiger partial charge in [-0.2, -0.15) is 9.64 Å². The number of aryl methyl sites for hydroxylation is 1. The van der Waals surface area contributed by atoms with E-state index in [0.717, 1.165) is 4.34 Å². The SMILES string of the molecule is Cc1nsc(SCCS(=O)(=O)c2cccc(C#N)c2)n1. The van der Waals surface area contributed by atoms with Crippen molar-refractivity contribution in [3.63, 3.8) is 0 Å². The summed E-state index contributed by atoms with van der Waals surface area (Å²) in [6.07, 6.45) is 0. The van der Waals surface area contributed by atoms with Crippen LogP contribution in [-0.2, 0) is 9.84 Å². The summed E-state index contributed by atoms with van der Waals surface area (Å²) >= 11 is 2.64. The van der Waals surface area contributed by atoms with Gasteiger partial charge >= 0.3 is 0 Å². The lowest BCUT2D eigenvalue weighted by Crippen LogP contribution is -2.09. The second-order valence-corrected chi connectivity index (χ2v) is 8.12. The Morgan fingerprint density at radius 2 is 2.25 bits per heavy atom. The van der Waals surface area contributed by atoms with Gasteiger partial charge in [0.15, 0.2) is 14.2 Å². The molecule has 0 radical (unpaired) electrons. The third kappa shape index (κ3) is 3.79. The molecule has 0 spiro atoms. The first-order chi connectivity index (χ1) is 9.51. The molecule has 5 nitrogen and oxygen atoms in total. The van der Waals surface area contributed by atoms with E-state index >= 15 is 0 Å². The molecule has 1 aromatic heterocycles. The number of hydrogen-bond donors (Lipinski definition) is 0. The molecule has 0 unspecified atom stereocenters. The summed E-state index contributed by atoms with van der Waals surface area (Å²) in [4.78, 5) is 4.35. The van der Waals surface area contributed by atoms with E-state index in [1.165, 1.54) is 35.4 Å². The Morgan fingerprint density at radius 1 is 1.45 bits per heavy atom. The van der Waals surface area contributed by atoms with Crippen molar-refractivity contribution in [3.8, 4) is 6.07 Å². The predicted octanol–water partition coefficient (Wildman–Crippen LogP) is 2.28. The predicted molar refractivity (Wildman–Crippen MR) is 78.6 cm³/mol. The van der Waals surface area contributed by atoms with Gasteiger partial charge in [-0.3, -0.25) is 0 Å². The highest BCUT2D eigenvalue weighted by molar-refractivity contribution is 8.02. The molecule has 1 aromatic carbocycles. The van der Waals surface area contributed by atoms with Crippen LogP contribution in [0.25, 0.3) is 0 Å². The Hall–Kier alpha value is -1.43. The van der Waals surface area contributed by atoms with Gasteiger partial charge in [0, 0.05) is 5.75 Å². The molecule has 0 amide bonds. The molecule has 0 fully saturated rings. The molecule has 0 aliphatic carbocycles. The molecule has 2 aromatic rings. The highest BCUT2D eigenvalue weighted by Gasteiger charge is 2.15. The van der Waals surface area contributed by atoms with Crippen molar-refractivity contribution in [1.82, 2.24) is 9.36 Å². The van der Waals surface area contributed by atoms with Crippen LogP contribution in [0.4, 0.5) is 0 Å². The molecule has 0 aliphatic heterocycles. The van der Waals surface area contributed by atoms with Crippen LogP contribution in [0.15, 0.2) is 33.5 Å². The van der Waals surface area contributed by atoms with Crippen LogP contribution in [0, 0.1) is 18.3 Å². The summed E-state index contributed by atoms with van der Waals surface area (Å²) in [7, 11) is -3.37. The van der Waals surface area contributed by atoms with Crippen molar-refractivity contribution in [2.75, 3.05) is 11.5 Å². The van der Waals surface area contributed by atoms with Crippen molar-refractivity contribution >= 4 is 33.1 Å². The molecule has 8 heteroatoms. The van der Waals surface area contributed by atoms with Crippen LogP contribution in [0.2, 0.25) is 0 Å².